The fourth-order valence-electron chi connectivity index (χ4n) is 1.96. The van der Waals surface area contributed by atoms with E-state index in [0.29, 0.717) is 10.7 Å². The van der Waals surface area contributed by atoms with Gasteiger partial charge in [0, 0.05) is 22.8 Å². The lowest BCUT2D eigenvalue weighted by molar-refractivity contribution is -0.385. The van der Waals surface area contributed by atoms with Crippen molar-refractivity contribution in [1.29, 1.82) is 0 Å². The Kier molecular flexibility index (Phi) is 5.59. The molecule has 0 aliphatic heterocycles. The van der Waals surface area contributed by atoms with Gasteiger partial charge < -0.3 is 14.8 Å². The average molecular weight is 351 g/mol. The normalized spacial score (nSPS) is 10.1. The summed E-state index contributed by atoms with van der Waals surface area (Å²) in [6, 6.07) is 9.18. The first-order valence-corrected chi connectivity index (χ1v) is 7.29. The predicted octanol–water partition coefficient (Wildman–Crippen LogP) is 3.58. The molecular formula is C16H15ClN2O5. The van der Waals surface area contributed by atoms with E-state index in [1.165, 1.54) is 25.3 Å². The van der Waals surface area contributed by atoms with Crippen LogP contribution in [-0.4, -0.2) is 24.5 Å². The number of hydrogen-bond donors (Lipinski definition) is 1. The van der Waals surface area contributed by atoms with Gasteiger partial charge in [0.2, 0.25) is 5.75 Å². The number of rotatable bonds is 6. The minimum Gasteiger partial charge on any atom is -0.490 e. The van der Waals surface area contributed by atoms with Crippen molar-refractivity contribution < 1.29 is 19.2 Å². The highest BCUT2D eigenvalue weighted by Crippen LogP contribution is 2.30. The van der Waals surface area contributed by atoms with Crippen LogP contribution in [-0.2, 0) is 4.79 Å². The summed E-state index contributed by atoms with van der Waals surface area (Å²) in [6.07, 6.45) is 0. The second-order valence-electron chi connectivity index (χ2n) is 4.89. The number of amides is 1. The Morgan fingerprint density at radius 3 is 2.71 bits per heavy atom. The van der Waals surface area contributed by atoms with Gasteiger partial charge in [-0.25, -0.2) is 0 Å². The molecule has 0 fully saturated rings. The lowest BCUT2D eigenvalue weighted by Crippen LogP contribution is -2.20. The molecule has 0 unspecified atom stereocenters. The number of aryl methyl sites for hydroxylation is 1. The number of nitro benzene ring substituents is 1. The van der Waals surface area contributed by atoms with Crippen LogP contribution in [0.2, 0.25) is 5.02 Å². The smallest absolute Gasteiger partial charge is 0.311 e. The Morgan fingerprint density at radius 1 is 1.29 bits per heavy atom. The third-order valence-corrected chi connectivity index (χ3v) is 3.43. The molecule has 2 aromatic carbocycles. The van der Waals surface area contributed by atoms with Crippen LogP contribution >= 0.6 is 11.6 Å². The highest BCUT2D eigenvalue weighted by atomic mass is 35.5. The van der Waals surface area contributed by atoms with Crippen LogP contribution in [0.1, 0.15) is 5.56 Å². The Balaban J connectivity index is 2.01. The summed E-state index contributed by atoms with van der Waals surface area (Å²) in [5, 5.41) is 14.0. The predicted molar refractivity (Wildman–Crippen MR) is 90.0 cm³/mol. The molecule has 0 aliphatic rings. The van der Waals surface area contributed by atoms with E-state index in [-0.39, 0.29) is 29.7 Å². The van der Waals surface area contributed by atoms with Gasteiger partial charge in [-0.1, -0.05) is 17.7 Å². The van der Waals surface area contributed by atoms with E-state index in [4.69, 9.17) is 21.1 Å². The number of methoxy groups -OCH3 is 1. The molecule has 2 aromatic rings. The number of hydrogen-bond acceptors (Lipinski definition) is 5. The summed E-state index contributed by atoms with van der Waals surface area (Å²) >= 11 is 5.90. The fraction of sp³-hybridized carbons (Fsp3) is 0.188. The molecule has 8 heteroatoms. The highest BCUT2D eigenvalue weighted by Gasteiger charge is 2.15. The van der Waals surface area contributed by atoms with Gasteiger partial charge in [0.25, 0.3) is 5.91 Å². The number of ether oxygens (including phenoxy) is 2. The minimum atomic E-state index is -0.558. The number of halogens is 1. The van der Waals surface area contributed by atoms with Crippen LogP contribution in [0.15, 0.2) is 36.4 Å². The maximum Gasteiger partial charge on any atom is 0.311 e. The van der Waals surface area contributed by atoms with Gasteiger partial charge in [-0.3, -0.25) is 14.9 Å². The Labute approximate surface area is 143 Å². The summed E-state index contributed by atoms with van der Waals surface area (Å²) in [5.74, 6) is -0.0308. The molecule has 0 radical (unpaired) electrons. The van der Waals surface area contributed by atoms with Gasteiger partial charge in [-0.05, 0) is 30.7 Å². The van der Waals surface area contributed by atoms with Crippen LogP contribution in [0.25, 0.3) is 0 Å². The van der Waals surface area contributed by atoms with E-state index in [2.05, 4.69) is 5.32 Å². The SMILES string of the molecule is COc1cc(OCC(=O)Nc2cc(Cl)ccc2C)ccc1[N+](=O)[O-]. The van der Waals surface area contributed by atoms with Gasteiger partial charge >= 0.3 is 5.69 Å². The monoisotopic (exact) mass is 350 g/mol. The summed E-state index contributed by atoms with van der Waals surface area (Å²) in [4.78, 5) is 22.2. The number of anilines is 1. The van der Waals surface area contributed by atoms with Crippen molar-refractivity contribution >= 4 is 28.9 Å². The van der Waals surface area contributed by atoms with Crippen molar-refractivity contribution in [2.45, 2.75) is 6.92 Å². The van der Waals surface area contributed by atoms with Gasteiger partial charge in [0.15, 0.2) is 6.61 Å². The van der Waals surface area contributed by atoms with E-state index in [1.54, 1.807) is 18.2 Å². The Bertz CT molecular complexity index is 779. The third-order valence-electron chi connectivity index (χ3n) is 3.19. The summed E-state index contributed by atoms with van der Waals surface area (Å²) in [5.41, 5.74) is 1.28. The number of carbonyl (C=O) groups is 1. The number of carbonyl (C=O) groups excluding carboxylic acids is 1. The van der Waals surface area contributed by atoms with Gasteiger partial charge in [-0.15, -0.1) is 0 Å². The largest absolute Gasteiger partial charge is 0.490 e. The summed E-state index contributed by atoms with van der Waals surface area (Å²) in [6.45, 7) is 1.58. The van der Waals surface area contributed by atoms with Crippen molar-refractivity contribution in [3.8, 4) is 11.5 Å². The molecular weight excluding hydrogens is 336 g/mol. The molecule has 126 valence electrons. The molecule has 24 heavy (non-hydrogen) atoms. The van der Waals surface area contributed by atoms with E-state index in [1.807, 2.05) is 6.92 Å². The molecule has 0 saturated heterocycles. The van der Waals surface area contributed by atoms with Crippen LogP contribution < -0.4 is 14.8 Å². The Morgan fingerprint density at radius 2 is 2.04 bits per heavy atom. The molecule has 0 saturated carbocycles. The standard InChI is InChI=1S/C16H15ClN2O5/c1-10-3-4-11(17)7-13(10)18-16(20)9-24-12-5-6-14(19(21)22)15(8-12)23-2/h3-8H,9H2,1-2H3,(H,18,20). The molecule has 0 bridgehead atoms. The van der Waals surface area contributed by atoms with Crippen molar-refractivity contribution in [3.05, 3.63) is 57.1 Å². The second kappa shape index (κ2) is 7.65. The minimum absolute atomic E-state index is 0.0589. The average Bonchev–Trinajstić information content (AvgIpc) is 2.55. The van der Waals surface area contributed by atoms with Gasteiger partial charge in [0.05, 0.1) is 12.0 Å². The number of nitro groups is 1. The molecule has 0 spiro atoms. The van der Waals surface area contributed by atoms with Crippen molar-refractivity contribution in [2.24, 2.45) is 0 Å². The second-order valence-corrected chi connectivity index (χ2v) is 5.32. The fourth-order valence-corrected chi connectivity index (χ4v) is 2.13. The zero-order valence-electron chi connectivity index (χ0n) is 13.0. The van der Waals surface area contributed by atoms with Gasteiger partial charge in [0.1, 0.15) is 5.75 Å². The quantitative estimate of drug-likeness (QED) is 0.635. The van der Waals surface area contributed by atoms with Crippen LogP contribution in [0.3, 0.4) is 0 Å². The van der Waals surface area contributed by atoms with E-state index >= 15 is 0 Å². The summed E-state index contributed by atoms with van der Waals surface area (Å²) in [7, 11) is 1.32. The first kappa shape index (κ1) is 17.6. The van der Waals surface area contributed by atoms with Crippen molar-refractivity contribution in [2.75, 3.05) is 19.0 Å². The zero-order chi connectivity index (χ0) is 17.7. The van der Waals surface area contributed by atoms with E-state index in [0.717, 1.165) is 5.56 Å². The molecule has 0 aliphatic carbocycles. The first-order valence-electron chi connectivity index (χ1n) is 6.92. The number of nitrogens with zero attached hydrogens (tertiary/aromatic N) is 1. The van der Waals surface area contributed by atoms with Crippen molar-refractivity contribution in [1.82, 2.24) is 0 Å². The molecule has 0 aromatic heterocycles. The van der Waals surface area contributed by atoms with Crippen LogP contribution in [0, 0.1) is 17.0 Å². The molecule has 0 atom stereocenters. The Hall–Kier alpha value is -2.80. The number of benzene rings is 2. The lowest BCUT2D eigenvalue weighted by atomic mass is 10.2. The molecule has 0 heterocycles. The topological polar surface area (TPSA) is 90.7 Å². The lowest BCUT2D eigenvalue weighted by Gasteiger charge is -2.10. The highest BCUT2D eigenvalue weighted by molar-refractivity contribution is 6.31. The maximum absolute atomic E-state index is 12.0. The van der Waals surface area contributed by atoms with Gasteiger partial charge in [-0.2, -0.15) is 0 Å². The van der Waals surface area contributed by atoms with Crippen LogP contribution in [0.5, 0.6) is 11.5 Å². The zero-order valence-corrected chi connectivity index (χ0v) is 13.8. The number of nitrogens with one attached hydrogen (secondary N) is 1. The third kappa shape index (κ3) is 4.36. The molecule has 1 amide bonds. The summed E-state index contributed by atoms with van der Waals surface area (Å²) < 4.78 is 10.3. The maximum atomic E-state index is 12.0. The van der Waals surface area contributed by atoms with E-state index < -0.39 is 4.92 Å². The molecule has 1 N–H and O–H groups in total. The molecule has 7 nitrogen and oxygen atoms in total. The molecule has 2 rings (SSSR count). The first-order chi connectivity index (χ1) is 11.4. The van der Waals surface area contributed by atoms with Crippen molar-refractivity contribution in [3.63, 3.8) is 0 Å². The van der Waals surface area contributed by atoms with E-state index in [9.17, 15) is 14.9 Å². The van der Waals surface area contributed by atoms with Crippen LogP contribution in [0.4, 0.5) is 11.4 Å².